The predicted molar refractivity (Wildman–Crippen MR) is 105 cm³/mol. The Bertz CT molecular complexity index is 679. The number of aryl methyl sites for hydroxylation is 1. The largest absolute Gasteiger partial charge is 0.495 e. The molecule has 148 valence electrons. The number of hydrogen-bond acceptors (Lipinski definition) is 7. The molecule has 0 aromatic carbocycles. The van der Waals surface area contributed by atoms with E-state index in [1.807, 2.05) is 11.8 Å². The summed E-state index contributed by atoms with van der Waals surface area (Å²) < 4.78 is 10.7. The molecule has 2 fully saturated rings. The summed E-state index contributed by atoms with van der Waals surface area (Å²) in [5, 5.41) is 16.4. The molecule has 0 atom stereocenters. The van der Waals surface area contributed by atoms with E-state index in [9.17, 15) is 0 Å². The van der Waals surface area contributed by atoms with Crippen molar-refractivity contribution in [2.45, 2.75) is 25.8 Å². The number of methoxy groups -OCH3 is 1. The fourth-order valence-corrected chi connectivity index (χ4v) is 3.69. The molecular formula is C19H30N6O2. The highest BCUT2D eigenvalue weighted by Crippen LogP contribution is 2.20. The third-order valence-electron chi connectivity index (χ3n) is 5.53. The number of likely N-dealkylation sites (N-methyl/N-ethyl adjacent to an activating group) is 1. The first kappa shape index (κ1) is 19.6. The number of nitrogens with one attached hydrogen (secondary N) is 2. The second-order valence-electron chi connectivity index (χ2n) is 7.31. The lowest BCUT2D eigenvalue weighted by Crippen LogP contribution is -2.53. The summed E-state index contributed by atoms with van der Waals surface area (Å²) in [6.45, 7) is 7.94. The third kappa shape index (κ3) is 4.75. The van der Waals surface area contributed by atoms with Crippen LogP contribution in [0.3, 0.4) is 0 Å². The maximum Gasteiger partial charge on any atom is 0.291 e. The van der Waals surface area contributed by atoms with Gasteiger partial charge in [-0.05, 0) is 32.9 Å². The third-order valence-corrected chi connectivity index (χ3v) is 5.53. The van der Waals surface area contributed by atoms with E-state index < -0.39 is 0 Å². The Morgan fingerprint density at radius 2 is 1.78 bits per heavy atom. The predicted octanol–water partition coefficient (Wildman–Crippen LogP) is 1.39. The van der Waals surface area contributed by atoms with E-state index in [1.54, 1.807) is 19.4 Å². The second-order valence-corrected chi connectivity index (χ2v) is 7.31. The molecule has 0 unspecified atom stereocenters. The van der Waals surface area contributed by atoms with Gasteiger partial charge in [0.15, 0.2) is 0 Å². The molecule has 1 aromatic heterocycles. The van der Waals surface area contributed by atoms with Crippen molar-refractivity contribution in [1.82, 2.24) is 19.7 Å². The molecule has 2 N–H and O–H groups in total. The van der Waals surface area contributed by atoms with Crippen LogP contribution in [0.5, 0.6) is 5.75 Å². The average molecular weight is 374 g/mol. The Labute approximate surface area is 161 Å². The van der Waals surface area contributed by atoms with Gasteiger partial charge in [0.25, 0.3) is 6.02 Å². The number of nitrogens with zero attached hydrogens (tertiary/aromatic N) is 4. The van der Waals surface area contributed by atoms with Crippen molar-refractivity contribution in [2.75, 3.05) is 53.4 Å². The van der Waals surface area contributed by atoms with Crippen molar-refractivity contribution in [3.05, 3.63) is 23.5 Å². The minimum Gasteiger partial charge on any atom is -0.495 e. The molecule has 27 heavy (non-hydrogen) atoms. The summed E-state index contributed by atoms with van der Waals surface area (Å²) >= 11 is 0. The molecule has 8 nitrogen and oxygen atoms in total. The molecule has 2 aliphatic heterocycles. The number of amidine groups is 1. The first-order valence-corrected chi connectivity index (χ1v) is 9.51. The van der Waals surface area contributed by atoms with Gasteiger partial charge in [0.2, 0.25) is 5.90 Å². The van der Waals surface area contributed by atoms with Gasteiger partial charge >= 0.3 is 0 Å². The Balaban J connectivity index is 1.50. The molecule has 3 rings (SSSR count). The quantitative estimate of drug-likeness (QED) is 0.614. The number of hydrogen-bond donors (Lipinski definition) is 2. The number of aromatic nitrogens is 1. The lowest BCUT2D eigenvalue weighted by atomic mass is 10.0. The standard InChI is InChI=1S/C19H30N6O2/c1-14-17(26-3)12-15(13-22-14)18(20)27-19(21)25-6-4-16(5-7-25)24-10-8-23(2)9-11-24/h12-13,16,20-21H,4-11H2,1-3H3. The van der Waals surface area contributed by atoms with Gasteiger partial charge in [-0.25, -0.2) is 0 Å². The molecular weight excluding hydrogens is 344 g/mol. The molecule has 0 amide bonds. The van der Waals surface area contributed by atoms with Crippen LogP contribution in [0, 0.1) is 17.7 Å². The molecule has 2 saturated heterocycles. The highest BCUT2D eigenvalue weighted by Gasteiger charge is 2.28. The fraction of sp³-hybridized carbons (Fsp3) is 0.632. The van der Waals surface area contributed by atoms with Crippen LogP contribution in [0.2, 0.25) is 0 Å². The van der Waals surface area contributed by atoms with Crippen LogP contribution in [0.4, 0.5) is 0 Å². The number of piperazine rings is 1. The van der Waals surface area contributed by atoms with Gasteiger partial charge in [-0.1, -0.05) is 0 Å². The number of piperidine rings is 1. The van der Waals surface area contributed by atoms with Gasteiger partial charge in [0.05, 0.1) is 18.4 Å². The van der Waals surface area contributed by atoms with Crippen LogP contribution in [-0.2, 0) is 4.74 Å². The average Bonchev–Trinajstić information content (AvgIpc) is 2.69. The van der Waals surface area contributed by atoms with Crippen molar-refractivity contribution >= 4 is 11.9 Å². The number of pyridine rings is 1. The van der Waals surface area contributed by atoms with Crippen LogP contribution in [-0.4, -0.2) is 91.1 Å². The molecule has 8 heteroatoms. The molecule has 0 radical (unpaired) electrons. The van der Waals surface area contributed by atoms with E-state index in [-0.39, 0.29) is 11.9 Å². The van der Waals surface area contributed by atoms with Crippen LogP contribution in [0.1, 0.15) is 24.1 Å². The second kappa shape index (κ2) is 8.67. The zero-order valence-corrected chi connectivity index (χ0v) is 16.5. The Hall–Kier alpha value is -2.19. The Morgan fingerprint density at radius 1 is 1.11 bits per heavy atom. The highest BCUT2D eigenvalue weighted by molar-refractivity contribution is 5.98. The molecule has 2 aliphatic rings. The van der Waals surface area contributed by atoms with E-state index in [0.29, 0.717) is 17.4 Å². The lowest BCUT2D eigenvalue weighted by molar-refractivity contribution is 0.0786. The van der Waals surface area contributed by atoms with Crippen molar-refractivity contribution < 1.29 is 9.47 Å². The van der Waals surface area contributed by atoms with E-state index >= 15 is 0 Å². The smallest absolute Gasteiger partial charge is 0.291 e. The van der Waals surface area contributed by atoms with Crippen molar-refractivity contribution in [3.8, 4) is 5.75 Å². The normalized spacial score (nSPS) is 19.7. The first-order chi connectivity index (χ1) is 13.0. The minimum absolute atomic E-state index is 0.0383. The summed E-state index contributed by atoms with van der Waals surface area (Å²) in [6.07, 6.45) is 3.64. The SMILES string of the molecule is COc1cc(C(=N)OC(=N)N2CCC(N3CCN(C)CC3)CC2)cnc1C. The first-order valence-electron chi connectivity index (χ1n) is 9.51. The van der Waals surface area contributed by atoms with Gasteiger partial charge in [0.1, 0.15) is 5.75 Å². The van der Waals surface area contributed by atoms with E-state index in [1.165, 1.54) is 0 Å². The number of rotatable bonds is 3. The summed E-state index contributed by atoms with van der Waals surface area (Å²) in [4.78, 5) is 11.1. The van der Waals surface area contributed by atoms with Gasteiger partial charge < -0.3 is 19.3 Å². The van der Waals surface area contributed by atoms with Crippen LogP contribution in [0.15, 0.2) is 12.3 Å². The molecule has 0 saturated carbocycles. The van der Waals surface area contributed by atoms with Crippen LogP contribution < -0.4 is 4.74 Å². The Kier molecular flexibility index (Phi) is 6.28. The van der Waals surface area contributed by atoms with Gasteiger partial charge in [-0.2, -0.15) is 0 Å². The van der Waals surface area contributed by atoms with Crippen molar-refractivity contribution in [2.24, 2.45) is 0 Å². The van der Waals surface area contributed by atoms with E-state index in [0.717, 1.165) is 57.8 Å². The Morgan fingerprint density at radius 3 is 2.41 bits per heavy atom. The van der Waals surface area contributed by atoms with E-state index in [2.05, 4.69) is 21.8 Å². The van der Waals surface area contributed by atoms with Gasteiger partial charge in [-0.3, -0.25) is 20.7 Å². The zero-order chi connectivity index (χ0) is 19.4. The summed E-state index contributed by atoms with van der Waals surface area (Å²) in [7, 11) is 3.75. The topological polar surface area (TPSA) is 88.8 Å². The number of ether oxygens (including phenoxy) is 2. The monoisotopic (exact) mass is 374 g/mol. The fourth-order valence-electron chi connectivity index (χ4n) is 3.69. The number of likely N-dealkylation sites (tertiary alicyclic amines) is 1. The molecule has 0 spiro atoms. The molecule has 0 bridgehead atoms. The zero-order valence-electron chi connectivity index (χ0n) is 16.5. The lowest BCUT2D eigenvalue weighted by Gasteiger charge is -2.42. The molecule has 3 heterocycles. The summed E-state index contributed by atoms with van der Waals surface area (Å²) in [6, 6.07) is 2.35. The van der Waals surface area contributed by atoms with Gasteiger partial charge in [0, 0.05) is 51.5 Å². The maximum atomic E-state index is 8.23. The summed E-state index contributed by atoms with van der Waals surface area (Å²) in [5.41, 5.74) is 1.27. The van der Waals surface area contributed by atoms with Crippen molar-refractivity contribution in [1.29, 1.82) is 10.8 Å². The molecule has 1 aromatic rings. The van der Waals surface area contributed by atoms with Crippen LogP contribution in [0.25, 0.3) is 0 Å². The van der Waals surface area contributed by atoms with Gasteiger partial charge in [-0.15, -0.1) is 0 Å². The van der Waals surface area contributed by atoms with Crippen LogP contribution >= 0.6 is 0 Å². The highest BCUT2D eigenvalue weighted by atomic mass is 16.5. The van der Waals surface area contributed by atoms with E-state index in [4.69, 9.17) is 20.3 Å². The molecule has 0 aliphatic carbocycles. The summed E-state index contributed by atoms with van der Waals surface area (Å²) in [5.74, 6) is 0.535. The maximum absolute atomic E-state index is 8.23. The van der Waals surface area contributed by atoms with Crippen molar-refractivity contribution in [3.63, 3.8) is 0 Å². The minimum atomic E-state index is -0.0769.